The van der Waals surface area contributed by atoms with Crippen molar-refractivity contribution in [3.8, 4) is 0 Å². The van der Waals surface area contributed by atoms with Gasteiger partial charge in [0.15, 0.2) is 0 Å². The molecule has 1 aliphatic heterocycles. The minimum absolute atomic E-state index is 0.0733. The van der Waals surface area contributed by atoms with Crippen LogP contribution in [-0.4, -0.2) is 0 Å². The van der Waals surface area contributed by atoms with Gasteiger partial charge >= 0.3 is 0 Å². The minimum atomic E-state index is -0.196. The Kier molecular flexibility index (Phi) is 3.39. The molecule has 2 aliphatic rings. The van der Waals surface area contributed by atoms with Crippen molar-refractivity contribution in [2.24, 2.45) is 5.92 Å². The molecule has 1 nitrogen and oxygen atoms in total. The molecule has 1 heterocycles. The molecule has 2 aromatic rings. The van der Waals surface area contributed by atoms with Crippen LogP contribution in [0.15, 0.2) is 48.6 Å². The molecule has 0 radical (unpaired) electrons. The van der Waals surface area contributed by atoms with Gasteiger partial charge in [0.25, 0.3) is 0 Å². The lowest BCUT2D eigenvalue weighted by Crippen LogP contribution is -2.29. The average molecular weight is 334 g/mol. The van der Waals surface area contributed by atoms with E-state index in [1.165, 1.54) is 6.07 Å². The van der Waals surface area contributed by atoms with E-state index in [2.05, 4.69) is 17.5 Å². The molecule has 4 rings (SSSR count). The maximum absolute atomic E-state index is 13.6. The molecule has 1 N–H and O–H groups in total. The topological polar surface area (TPSA) is 12.0 Å². The zero-order chi connectivity index (χ0) is 15.3. The van der Waals surface area contributed by atoms with E-state index in [1.807, 2.05) is 12.1 Å². The van der Waals surface area contributed by atoms with Gasteiger partial charge in [-0.3, -0.25) is 0 Å². The van der Waals surface area contributed by atoms with Gasteiger partial charge in [0.2, 0.25) is 0 Å². The third-order valence-electron chi connectivity index (χ3n) is 4.64. The summed E-state index contributed by atoms with van der Waals surface area (Å²) in [5.41, 5.74) is 2.99. The Morgan fingerprint density at radius 1 is 1.09 bits per heavy atom. The predicted octanol–water partition coefficient (Wildman–Crippen LogP) is 5.96. The highest BCUT2D eigenvalue weighted by Gasteiger charge is 2.38. The van der Waals surface area contributed by atoms with Gasteiger partial charge in [-0.15, -0.1) is 0 Å². The summed E-state index contributed by atoms with van der Waals surface area (Å²) < 4.78 is 13.6. The number of nitrogens with one attached hydrogen (secondary N) is 1. The first-order chi connectivity index (χ1) is 10.6. The molecule has 0 saturated heterocycles. The lowest BCUT2D eigenvalue weighted by Gasteiger charge is -2.38. The SMILES string of the molecule is Fc1ccc2c(c1)[C@H]1C=CC[C@H]1[C@@H](c1cccc(Cl)c1Cl)N2. The van der Waals surface area contributed by atoms with Crippen molar-refractivity contribution in [1.29, 1.82) is 0 Å². The maximum Gasteiger partial charge on any atom is 0.123 e. The van der Waals surface area contributed by atoms with Crippen LogP contribution in [0.1, 0.15) is 29.5 Å². The number of hydrogen-bond donors (Lipinski definition) is 1. The van der Waals surface area contributed by atoms with Crippen LogP contribution in [0.5, 0.6) is 0 Å². The number of hydrogen-bond acceptors (Lipinski definition) is 1. The minimum Gasteiger partial charge on any atom is -0.378 e. The summed E-state index contributed by atoms with van der Waals surface area (Å²) in [6, 6.07) is 10.7. The number of fused-ring (bicyclic) bond motifs is 3. The van der Waals surface area contributed by atoms with E-state index in [0.717, 1.165) is 23.2 Å². The molecule has 0 aromatic heterocycles. The Bertz CT molecular complexity index is 772. The monoisotopic (exact) mass is 333 g/mol. The molecule has 0 amide bonds. The van der Waals surface area contributed by atoms with E-state index >= 15 is 0 Å². The Morgan fingerprint density at radius 3 is 2.82 bits per heavy atom. The van der Waals surface area contributed by atoms with Gasteiger partial charge in [0, 0.05) is 11.6 Å². The number of halogens is 3. The molecule has 0 spiro atoms. The van der Waals surface area contributed by atoms with E-state index in [1.54, 1.807) is 18.2 Å². The zero-order valence-corrected chi connectivity index (χ0v) is 13.2. The lowest BCUT2D eigenvalue weighted by atomic mass is 9.77. The van der Waals surface area contributed by atoms with Gasteiger partial charge < -0.3 is 5.32 Å². The second-order valence-corrected chi connectivity index (χ2v) is 6.64. The molecule has 22 heavy (non-hydrogen) atoms. The van der Waals surface area contributed by atoms with Crippen molar-refractivity contribution in [3.05, 3.63) is 75.5 Å². The van der Waals surface area contributed by atoms with Gasteiger partial charge in [-0.1, -0.05) is 47.5 Å². The van der Waals surface area contributed by atoms with Crippen LogP contribution >= 0.6 is 23.2 Å². The summed E-state index contributed by atoms with van der Waals surface area (Å²) in [5, 5.41) is 4.69. The highest BCUT2D eigenvalue weighted by atomic mass is 35.5. The first-order valence-electron chi connectivity index (χ1n) is 7.31. The summed E-state index contributed by atoms with van der Waals surface area (Å²) >= 11 is 12.6. The first kappa shape index (κ1) is 14.1. The Hall–Kier alpha value is -1.51. The van der Waals surface area contributed by atoms with Crippen molar-refractivity contribution in [1.82, 2.24) is 0 Å². The molecule has 0 bridgehead atoms. The van der Waals surface area contributed by atoms with Gasteiger partial charge in [0.1, 0.15) is 5.82 Å². The average Bonchev–Trinajstić information content (AvgIpc) is 2.99. The molecule has 2 aromatic carbocycles. The Labute approximate surface area is 138 Å². The number of anilines is 1. The van der Waals surface area contributed by atoms with Crippen LogP contribution in [0.25, 0.3) is 0 Å². The molecule has 112 valence electrons. The quantitative estimate of drug-likeness (QED) is 0.635. The second-order valence-electron chi connectivity index (χ2n) is 5.85. The summed E-state index contributed by atoms with van der Waals surface area (Å²) in [7, 11) is 0. The highest BCUT2D eigenvalue weighted by Crippen LogP contribution is 2.51. The molecule has 0 fully saturated rings. The lowest BCUT2D eigenvalue weighted by molar-refractivity contribution is 0.424. The van der Waals surface area contributed by atoms with Crippen molar-refractivity contribution in [2.45, 2.75) is 18.4 Å². The van der Waals surface area contributed by atoms with Gasteiger partial charge in [-0.2, -0.15) is 0 Å². The third kappa shape index (κ3) is 2.13. The van der Waals surface area contributed by atoms with Gasteiger partial charge in [-0.25, -0.2) is 4.39 Å². The van der Waals surface area contributed by atoms with E-state index in [9.17, 15) is 4.39 Å². The molecule has 0 saturated carbocycles. The van der Waals surface area contributed by atoms with E-state index < -0.39 is 0 Å². The Morgan fingerprint density at radius 2 is 1.95 bits per heavy atom. The normalized spacial score (nSPS) is 25.5. The predicted molar refractivity (Wildman–Crippen MR) is 89.2 cm³/mol. The molecular weight excluding hydrogens is 320 g/mol. The first-order valence-corrected chi connectivity index (χ1v) is 8.07. The van der Waals surface area contributed by atoms with E-state index in [4.69, 9.17) is 23.2 Å². The summed E-state index contributed by atoms with van der Waals surface area (Å²) in [6.45, 7) is 0. The summed E-state index contributed by atoms with van der Waals surface area (Å²) in [5.74, 6) is 0.344. The van der Waals surface area contributed by atoms with Crippen molar-refractivity contribution in [3.63, 3.8) is 0 Å². The molecular formula is C18H14Cl2FN. The molecule has 1 aliphatic carbocycles. The van der Waals surface area contributed by atoms with E-state index in [-0.39, 0.29) is 17.8 Å². The third-order valence-corrected chi connectivity index (χ3v) is 5.47. The zero-order valence-electron chi connectivity index (χ0n) is 11.7. The molecule has 4 heteroatoms. The fourth-order valence-corrected chi connectivity index (χ4v) is 4.06. The highest BCUT2D eigenvalue weighted by molar-refractivity contribution is 6.42. The number of allylic oxidation sites excluding steroid dienone is 2. The largest absolute Gasteiger partial charge is 0.378 e. The van der Waals surface area contributed by atoms with Crippen LogP contribution in [0.2, 0.25) is 10.0 Å². The summed E-state index contributed by atoms with van der Waals surface area (Å²) in [4.78, 5) is 0. The van der Waals surface area contributed by atoms with Crippen LogP contribution < -0.4 is 5.32 Å². The van der Waals surface area contributed by atoms with Crippen LogP contribution in [0.3, 0.4) is 0 Å². The van der Waals surface area contributed by atoms with Crippen LogP contribution in [-0.2, 0) is 0 Å². The fourth-order valence-electron chi connectivity index (χ4n) is 3.63. The summed E-state index contributed by atoms with van der Waals surface area (Å²) in [6.07, 6.45) is 5.29. The van der Waals surface area contributed by atoms with Crippen molar-refractivity contribution in [2.75, 3.05) is 5.32 Å². The number of rotatable bonds is 1. The number of benzene rings is 2. The van der Waals surface area contributed by atoms with Crippen molar-refractivity contribution < 1.29 is 4.39 Å². The van der Waals surface area contributed by atoms with E-state index in [0.29, 0.717) is 16.0 Å². The fraction of sp³-hybridized carbons (Fsp3) is 0.222. The molecule has 3 atom stereocenters. The smallest absolute Gasteiger partial charge is 0.123 e. The van der Waals surface area contributed by atoms with Gasteiger partial charge in [0.05, 0.1) is 16.1 Å². The Balaban J connectivity index is 1.83. The standard InChI is InChI=1S/C18H14Cl2FN/c19-15-6-2-5-13(17(15)20)18-12-4-1-3-11(12)14-9-10(21)7-8-16(14)22-18/h1-3,5-9,11-12,18,22H,4H2/t11-,12+,18-/m0/s1. The second kappa shape index (κ2) is 5.29. The maximum atomic E-state index is 13.6. The van der Waals surface area contributed by atoms with Crippen molar-refractivity contribution >= 4 is 28.9 Å². The van der Waals surface area contributed by atoms with Crippen LogP contribution in [0, 0.1) is 11.7 Å². The van der Waals surface area contributed by atoms with Gasteiger partial charge in [-0.05, 0) is 47.7 Å². The molecule has 0 unspecified atom stereocenters. The van der Waals surface area contributed by atoms with Crippen LogP contribution in [0.4, 0.5) is 10.1 Å².